The number of nitrogens with one attached hydrogen (secondary N) is 2. The van der Waals surface area contributed by atoms with Crippen LogP contribution in [-0.4, -0.2) is 25.0 Å². The second kappa shape index (κ2) is 8.31. The van der Waals surface area contributed by atoms with E-state index in [1.165, 1.54) is 5.56 Å². The molecular weight excluding hydrogens is 322 g/mol. The molecule has 0 aromatic heterocycles. The molecule has 2 aromatic carbocycles. The van der Waals surface area contributed by atoms with Gasteiger partial charge in [0.15, 0.2) is 16.6 Å². The van der Waals surface area contributed by atoms with E-state index in [1.807, 2.05) is 43.3 Å². The molecule has 0 atom stereocenters. The molecule has 6 heteroatoms. The SMILES string of the molecule is COc1ccc(NC(=S)N/N=C(/C)c2ccccc2C)cc1OC. The first-order valence-electron chi connectivity index (χ1n) is 7.44. The van der Waals surface area contributed by atoms with Crippen molar-refractivity contribution in [2.45, 2.75) is 13.8 Å². The zero-order valence-corrected chi connectivity index (χ0v) is 15.0. The number of benzene rings is 2. The van der Waals surface area contributed by atoms with Crippen molar-refractivity contribution in [1.82, 2.24) is 5.43 Å². The second-order valence-electron chi connectivity index (χ2n) is 5.15. The van der Waals surface area contributed by atoms with Crippen molar-refractivity contribution in [1.29, 1.82) is 0 Å². The summed E-state index contributed by atoms with van der Waals surface area (Å²) >= 11 is 5.28. The Kier molecular flexibility index (Phi) is 6.14. The molecule has 0 saturated carbocycles. The van der Waals surface area contributed by atoms with Crippen molar-refractivity contribution in [2.24, 2.45) is 5.10 Å². The lowest BCUT2D eigenvalue weighted by molar-refractivity contribution is 0.355. The lowest BCUT2D eigenvalue weighted by Crippen LogP contribution is -2.25. The van der Waals surface area contributed by atoms with Crippen molar-refractivity contribution in [3.8, 4) is 11.5 Å². The van der Waals surface area contributed by atoms with Gasteiger partial charge in [0.2, 0.25) is 0 Å². The lowest BCUT2D eigenvalue weighted by atomic mass is 10.1. The van der Waals surface area contributed by atoms with Crippen LogP contribution in [-0.2, 0) is 0 Å². The van der Waals surface area contributed by atoms with Gasteiger partial charge in [0.05, 0.1) is 19.9 Å². The molecule has 0 spiro atoms. The highest BCUT2D eigenvalue weighted by atomic mass is 32.1. The molecule has 0 saturated heterocycles. The van der Waals surface area contributed by atoms with Gasteiger partial charge in [-0.2, -0.15) is 5.10 Å². The van der Waals surface area contributed by atoms with Gasteiger partial charge in [-0.05, 0) is 43.8 Å². The molecule has 0 fully saturated rings. The number of thiocarbonyl (C=S) groups is 1. The van der Waals surface area contributed by atoms with Crippen LogP contribution < -0.4 is 20.2 Å². The quantitative estimate of drug-likeness (QED) is 0.492. The maximum atomic E-state index is 5.28. The first-order valence-corrected chi connectivity index (χ1v) is 7.85. The number of rotatable bonds is 5. The van der Waals surface area contributed by atoms with Crippen molar-refractivity contribution in [3.05, 3.63) is 53.6 Å². The van der Waals surface area contributed by atoms with Gasteiger partial charge in [-0.1, -0.05) is 24.3 Å². The molecule has 2 aromatic rings. The molecular formula is C18H21N3O2S. The van der Waals surface area contributed by atoms with Crippen molar-refractivity contribution in [2.75, 3.05) is 19.5 Å². The number of ether oxygens (including phenoxy) is 2. The molecule has 0 bridgehead atoms. The van der Waals surface area contributed by atoms with Crippen LogP contribution in [0, 0.1) is 6.92 Å². The van der Waals surface area contributed by atoms with E-state index in [9.17, 15) is 0 Å². The van der Waals surface area contributed by atoms with Crippen molar-refractivity contribution >= 4 is 28.7 Å². The van der Waals surface area contributed by atoms with E-state index < -0.39 is 0 Å². The van der Waals surface area contributed by atoms with Gasteiger partial charge in [0.1, 0.15) is 0 Å². The highest BCUT2D eigenvalue weighted by molar-refractivity contribution is 7.80. The molecule has 0 aliphatic rings. The Balaban J connectivity index is 2.03. The van der Waals surface area contributed by atoms with Gasteiger partial charge < -0.3 is 14.8 Å². The fraction of sp³-hybridized carbons (Fsp3) is 0.222. The minimum absolute atomic E-state index is 0.398. The Morgan fingerprint density at radius 1 is 1.04 bits per heavy atom. The molecule has 0 aliphatic carbocycles. The average Bonchev–Trinajstić information content (AvgIpc) is 2.60. The number of aryl methyl sites for hydroxylation is 1. The van der Waals surface area contributed by atoms with Crippen LogP contribution in [0.1, 0.15) is 18.1 Å². The van der Waals surface area contributed by atoms with Gasteiger partial charge in [-0.15, -0.1) is 0 Å². The van der Waals surface area contributed by atoms with Crippen LogP contribution in [0.5, 0.6) is 11.5 Å². The highest BCUT2D eigenvalue weighted by Crippen LogP contribution is 2.29. The number of hydrogen-bond donors (Lipinski definition) is 2. The largest absolute Gasteiger partial charge is 0.493 e. The predicted molar refractivity (Wildman–Crippen MR) is 102 cm³/mol. The van der Waals surface area contributed by atoms with Gasteiger partial charge in [0.25, 0.3) is 0 Å². The number of anilines is 1. The zero-order valence-electron chi connectivity index (χ0n) is 14.2. The summed E-state index contributed by atoms with van der Waals surface area (Å²) in [5.74, 6) is 1.29. The molecule has 5 nitrogen and oxygen atoms in total. The molecule has 0 heterocycles. The van der Waals surface area contributed by atoms with Crippen LogP contribution >= 0.6 is 12.2 Å². The molecule has 0 amide bonds. The average molecular weight is 343 g/mol. The van der Waals surface area contributed by atoms with Crippen LogP contribution in [0.2, 0.25) is 0 Å². The summed E-state index contributed by atoms with van der Waals surface area (Å²) < 4.78 is 10.5. The zero-order chi connectivity index (χ0) is 17.5. The Labute approximate surface area is 147 Å². The van der Waals surface area contributed by atoms with Crippen LogP contribution in [0.3, 0.4) is 0 Å². The van der Waals surface area contributed by atoms with E-state index >= 15 is 0 Å². The topological polar surface area (TPSA) is 54.9 Å². The smallest absolute Gasteiger partial charge is 0.191 e. The maximum absolute atomic E-state index is 5.28. The minimum atomic E-state index is 0.398. The third-order valence-electron chi connectivity index (χ3n) is 3.50. The van der Waals surface area contributed by atoms with Crippen molar-refractivity contribution in [3.63, 3.8) is 0 Å². The first-order chi connectivity index (χ1) is 11.5. The number of nitrogens with zero attached hydrogens (tertiary/aromatic N) is 1. The van der Waals surface area contributed by atoms with Crippen LogP contribution in [0.4, 0.5) is 5.69 Å². The summed E-state index contributed by atoms with van der Waals surface area (Å²) in [6.45, 7) is 3.99. The number of hydrazone groups is 1. The van der Waals surface area contributed by atoms with Crippen LogP contribution in [0.25, 0.3) is 0 Å². The summed E-state index contributed by atoms with van der Waals surface area (Å²) in [6.07, 6.45) is 0. The highest BCUT2D eigenvalue weighted by Gasteiger charge is 2.06. The van der Waals surface area contributed by atoms with E-state index in [0.29, 0.717) is 16.6 Å². The molecule has 2 N–H and O–H groups in total. The summed E-state index contributed by atoms with van der Waals surface area (Å²) in [5, 5.41) is 7.80. The summed E-state index contributed by atoms with van der Waals surface area (Å²) in [5.41, 5.74) is 6.76. The maximum Gasteiger partial charge on any atom is 0.191 e. The summed E-state index contributed by atoms with van der Waals surface area (Å²) in [4.78, 5) is 0. The van der Waals surface area contributed by atoms with E-state index in [1.54, 1.807) is 14.2 Å². The standard InChI is InChI=1S/C18H21N3O2S/c1-12-7-5-6-8-15(12)13(2)20-21-18(24)19-14-9-10-16(22-3)17(11-14)23-4/h5-11H,1-4H3,(H2,19,21,24)/b20-13-. The fourth-order valence-electron chi connectivity index (χ4n) is 2.25. The normalized spacial score (nSPS) is 10.9. The third-order valence-corrected chi connectivity index (χ3v) is 3.69. The van der Waals surface area contributed by atoms with E-state index in [-0.39, 0.29) is 0 Å². The van der Waals surface area contributed by atoms with E-state index in [0.717, 1.165) is 17.0 Å². The van der Waals surface area contributed by atoms with Crippen molar-refractivity contribution < 1.29 is 9.47 Å². The molecule has 2 rings (SSSR count). The Morgan fingerprint density at radius 3 is 2.42 bits per heavy atom. The monoisotopic (exact) mass is 343 g/mol. The van der Waals surface area contributed by atoms with Gasteiger partial charge in [-0.25, -0.2) is 0 Å². The van der Waals surface area contributed by atoms with Crippen LogP contribution in [0.15, 0.2) is 47.6 Å². The third kappa shape index (κ3) is 4.45. The Morgan fingerprint density at radius 2 is 1.75 bits per heavy atom. The van der Waals surface area contributed by atoms with Gasteiger partial charge >= 0.3 is 0 Å². The number of hydrogen-bond acceptors (Lipinski definition) is 4. The minimum Gasteiger partial charge on any atom is -0.493 e. The van der Waals surface area contributed by atoms with Gasteiger partial charge in [-0.3, -0.25) is 5.43 Å². The summed E-state index contributed by atoms with van der Waals surface area (Å²) in [7, 11) is 3.19. The first kappa shape index (κ1) is 17.7. The lowest BCUT2D eigenvalue weighted by Gasteiger charge is -2.12. The Bertz CT molecular complexity index is 760. The van der Waals surface area contributed by atoms with E-state index in [2.05, 4.69) is 28.8 Å². The molecule has 24 heavy (non-hydrogen) atoms. The molecule has 0 aliphatic heterocycles. The molecule has 0 unspecified atom stereocenters. The fourth-order valence-corrected chi connectivity index (χ4v) is 2.41. The summed E-state index contributed by atoms with van der Waals surface area (Å²) in [6, 6.07) is 13.5. The molecule has 0 radical (unpaired) electrons. The Hall–Kier alpha value is -2.60. The number of methoxy groups -OCH3 is 2. The predicted octanol–water partition coefficient (Wildman–Crippen LogP) is 3.72. The molecule has 126 valence electrons. The van der Waals surface area contributed by atoms with E-state index in [4.69, 9.17) is 21.7 Å². The second-order valence-corrected chi connectivity index (χ2v) is 5.56. The van der Waals surface area contributed by atoms with Gasteiger partial charge in [0, 0.05) is 17.3 Å².